The van der Waals surface area contributed by atoms with Gasteiger partial charge in [-0.25, -0.2) is 4.79 Å². The third kappa shape index (κ3) is 39.3. The third-order valence-corrected chi connectivity index (χ3v) is 10.1. The maximum Gasteiger partial charge on any atom is 0.326 e. The Morgan fingerprint density at radius 3 is 1.59 bits per heavy atom. The number of unbranched alkanes of at least 4 members (excludes halogenated alkanes) is 19. The summed E-state index contributed by atoms with van der Waals surface area (Å²) in [6.45, 7) is 4.80. The predicted molar refractivity (Wildman–Crippen MR) is 239 cm³/mol. The van der Waals surface area contributed by atoms with Crippen molar-refractivity contribution >= 4 is 17.8 Å². The second-order valence-electron chi connectivity index (χ2n) is 15.4. The summed E-state index contributed by atoms with van der Waals surface area (Å²) in [5.74, 6) is -1.37. The maximum absolute atomic E-state index is 12.7. The van der Waals surface area contributed by atoms with E-state index in [4.69, 9.17) is 10.5 Å². The Bertz CT molecular complexity index is 1060. The Labute approximate surface area is 344 Å². The second-order valence-corrected chi connectivity index (χ2v) is 15.4. The summed E-state index contributed by atoms with van der Waals surface area (Å²) in [5.41, 5.74) is 5.48. The standard InChI is InChI=1S/C49H86N2O5/c1-3-5-7-9-11-13-14-15-16-17-18-19-20-21-22-23-24-25-26-27-29-31-37-43-48(53)56-45(39-34-30-28-12-10-8-6-4-2)40-35-32-33-36-42-47(52)51-46(49(54)55)41-38-44-50/h6,8,12,14-15,17-18,28,34,39,45-46H,3-5,7,9-11,13,16,19-27,29-33,35-38,40-44,50H2,1-2H3,(H,51,52)(H,54,55)/b8-6-,15-14-,18-17-,28-12-,39-34-. The third-order valence-electron chi connectivity index (χ3n) is 10.1. The fraction of sp³-hybridized carbons (Fsp3) is 0.735. The SMILES string of the molecule is CC/C=C\C/C=C\C/C=C\C(CCCCCCC(=O)NC(CCCN)C(=O)O)OC(=O)CCCCCCCCCCCCC/C=C\C/C=C\CCCCCCC. The molecule has 56 heavy (non-hydrogen) atoms. The van der Waals surface area contributed by atoms with Gasteiger partial charge in [0.1, 0.15) is 12.1 Å². The predicted octanol–water partition coefficient (Wildman–Crippen LogP) is 13.3. The molecule has 0 radical (unpaired) electrons. The van der Waals surface area contributed by atoms with E-state index in [0.29, 0.717) is 38.6 Å². The summed E-state index contributed by atoms with van der Waals surface area (Å²) in [6, 6.07) is -0.878. The number of carboxylic acid groups (broad SMARTS) is 1. The number of nitrogens with two attached hydrogens (primary N) is 1. The second kappa shape index (κ2) is 43.2. The zero-order valence-corrected chi connectivity index (χ0v) is 36.2. The highest BCUT2D eigenvalue weighted by molar-refractivity contribution is 5.83. The summed E-state index contributed by atoms with van der Waals surface area (Å²) >= 11 is 0. The van der Waals surface area contributed by atoms with Crippen molar-refractivity contribution in [3.63, 3.8) is 0 Å². The molecular weight excluding hydrogens is 697 g/mol. The number of nitrogens with one attached hydrogen (secondary N) is 1. The van der Waals surface area contributed by atoms with Crippen molar-refractivity contribution in [2.75, 3.05) is 6.54 Å². The highest BCUT2D eigenvalue weighted by atomic mass is 16.5. The van der Waals surface area contributed by atoms with Gasteiger partial charge in [0, 0.05) is 12.8 Å². The molecule has 0 saturated carbocycles. The average Bonchev–Trinajstić information content (AvgIpc) is 3.18. The molecule has 0 bridgehead atoms. The molecule has 2 atom stereocenters. The molecule has 0 aromatic rings. The van der Waals surface area contributed by atoms with Crippen LogP contribution in [0.2, 0.25) is 0 Å². The molecule has 0 spiro atoms. The zero-order valence-electron chi connectivity index (χ0n) is 36.2. The summed E-state index contributed by atoms with van der Waals surface area (Å²) < 4.78 is 5.91. The largest absolute Gasteiger partial charge is 0.480 e. The highest BCUT2D eigenvalue weighted by Crippen LogP contribution is 2.16. The first-order valence-corrected chi connectivity index (χ1v) is 23.1. The maximum atomic E-state index is 12.7. The van der Waals surface area contributed by atoms with Crippen LogP contribution in [0.5, 0.6) is 0 Å². The van der Waals surface area contributed by atoms with E-state index in [1.807, 2.05) is 6.08 Å². The van der Waals surface area contributed by atoms with E-state index in [2.05, 4.69) is 73.8 Å². The lowest BCUT2D eigenvalue weighted by Gasteiger charge is -2.15. The minimum Gasteiger partial charge on any atom is -0.480 e. The number of hydrogen-bond acceptors (Lipinski definition) is 5. The van der Waals surface area contributed by atoms with Crippen LogP contribution < -0.4 is 11.1 Å². The van der Waals surface area contributed by atoms with E-state index in [9.17, 15) is 19.5 Å². The van der Waals surface area contributed by atoms with Gasteiger partial charge in [-0.1, -0.05) is 165 Å². The zero-order chi connectivity index (χ0) is 41.0. The fourth-order valence-corrected chi connectivity index (χ4v) is 6.59. The molecule has 0 aliphatic heterocycles. The summed E-state index contributed by atoms with van der Waals surface area (Å²) in [4.78, 5) is 36.3. The molecule has 4 N–H and O–H groups in total. The van der Waals surface area contributed by atoms with Crippen molar-refractivity contribution in [3.8, 4) is 0 Å². The van der Waals surface area contributed by atoms with Gasteiger partial charge in [-0.15, -0.1) is 0 Å². The molecule has 0 aromatic carbocycles. The molecule has 2 unspecified atom stereocenters. The Balaban J connectivity index is 4.14. The van der Waals surface area contributed by atoms with Crippen LogP contribution in [0, 0.1) is 0 Å². The van der Waals surface area contributed by atoms with E-state index >= 15 is 0 Å². The van der Waals surface area contributed by atoms with Gasteiger partial charge in [-0.2, -0.15) is 0 Å². The van der Waals surface area contributed by atoms with E-state index < -0.39 is 12.0 Å². The van der Waals surface area contributed by atoms with E-state index in [1.54, 1.807) is 0 Å². The van der Waals surface area contributed by atoms with Gasteiger partial charge in [-0.05, 0) is 103 Å². The number of carbonyl (C=O) groups is 3. The number of carbonyl (C=O) groups excluding carboxylic acids is 2. The van der Waals surface area contributed by atoms with E-state index in [1.165, 1.54) is 103 Å². The van der Waals surface area contributed by atoms with Crippen LogP contribution in [0.25, 0.3) is 0 Å². The summed E-state index contributed by atoms with van der Waals surface area (Å²) in [7, 11) is 0. The van der Waals surface area contributed by atoms with Gasteiger partial charge in [-0.3, -0.25) is 9.59 Å². The molecular formula is C49H86N2O5. The Morgan fingerprint density at radius 1 is 0.554 bits per heavy atom. The molecule has 0 heterocycles. The summed E-state index contributed by atoms with van der Waals surface area (Å²) in [5, 5.41) is 11.9. The Hall–Kier alpha value is -2.93. The van der Waals surface area contributed by atoms with Gasteiger partial charge < -0.3 is 20.9 Å². The number of rotatable bonds is 41. The molecule has 0 aliphatic carbocycles. The molecule has 322 valence electrons. The van der Waals surface area contributed by atoms with Gasteiger partial charge >= 0.3 is 11.9 Å². The topological polar surface area (TPSA) is 119 Å². The van der Waals surface area contributed by atoms with Crippen molar-refractivity contribution in [2.24, 2.45) is 5.73 Å². The fourth-order valence-electron chi connectivity index (χ4n) is 6.59. The first-order chi connectivity index (χ1) is 27.4. The summed E-state index contributed by atoms with van der Waals surface area (Å²) in [6.07, 6.45) is 54.5. The lowest BCUT2D eigenvalue weighted by Crippen LogP contribution is -2.40. The number of ether oxygens (including phenoxy) is 1. The van der Waals surface area contributed by atoms with Crippen molar-refractivity contribution < 1.29 is 24.2 Å². The van der Waals surface area contributed by atoms with E-state index in [0.717, 1.165) is 64.2 Å². The van der Waals surface area contributed by atoms with Crippen molar-refractivity contribution in [1.29, 1.82) is 0 Å². The molecule has 7 nitrogen and oxygen atoms in total. The van der Waals surface area contributed by atoms with Crippen molar-refractivity contribution in [2.45, 2.75) is 225 Å². The molecule has 0 aliphatic rings. The number of esters is 1. The van der Waals surface area contributed by atoms with Crippen LogP contribution >= 0.6 is 0 Å². The molecule has 0 aromatic heterocycles. The number of amides is 1. The lowest BCUT2D eigenvalue weighted by atomic mass is 10.0. The normalized spacial score (nSPS) is 13.2. The molecule has 0 rings (SSSR count). The highest BCUT2D eigenvalue weighted by Gasteiger charge is 2.19. The number of hydrogen-bond donors (Lipinski definition) is 3. The minimum atomic E-state index is -1.02. The van der Waals surface area contributed by atoms with Crippen LogP contribution in [0.1, 0.15) is 213 Å². The van der Waals surface area contributed by atoms with Gasteiger partial charge in [0.05, 0.1) is 0 Å². The number of aliphatic carboxylic acids is 1. The van der Waals surface area contributed by atoms with Gasteiger partial charge in [0.25, 0.3) is 0 Å². The van der Waals surface area contributed by atoms with Crippen LogP contribution in [-0.4, -0.2) is 41.6 Å². The van der Waals surface area contributed by atoms with Crippen LogP contribution in [0.4, 0.5) is 0 Å². The Kier molecular flexibility index (Phi) is 40.9. The van der Waals surface area contributed by atoms with Crippen molar-refractivity contribution in [3.05, 3.63) is 60.8 Å². The smallest absolute Gasteiger partial charge is 0.326 e. The molecule has 0 fully saturated rings. The number of carboxylic acids is 1. The van der Waals surface area contributed by atoms with Crippen LogP contribution in [0.15, 0.2) is 60.8 Å². The first kappa shape index (κ1) is 53.1. The van der Waals surface area contributed by atoms with Crippen LogP contribution in [0.3, 0.4) is 0 Å². The average molecular weight is 783 g/mol. The van der Waals surface area contributed by atoms with Crippen molar-refractivity contribution in [1.82, 2.24) is 5.32 Å². The monoisotopic (exact) mass is 783 g/mol. The van der Waals surface area contributed by atoms with E-state index in [-0.39, 0.29) is 18.0 Å². The quantitative estimate of drug-likeness (QED) is 0.0323. The lowest BCUT2D eigenvalue weighted by molar-refractivity contribution is -0.147. The van der Waals surface area contributed by atoms with Gasteiger partial charge in [0.2, 0.25) is 5.91 Å². The van der Waals surface area contributed by atoms with Gasteiger partial charge in [0.15, 0.2) is 0 Å². The first-order valence-electron chi connectivity index (χ1n) is 23.1. The number of allylic oxidation sites excluding steroid dienone is 9. The molecule has 1 amide bonds. The minimum absolute atomic E-state index is 0.116. The Morgan fingerprint density at radius 2 is 1.04 bits per heavy atom. The molecule has 7 heteroatoms. The van der Waals surface area contributed by atoms with Crippen LogP contribution in [-0.2, 0) is 19.1 Å². The molecule has 0 saturated heterocycles.